The summed E-state index contributed by atoms with van der Waals surface area (Å²) >= 11 is 0. The van der Waals surface area contributed by atoms with E-state index in [1.807, 2.05) is 12.1 Å². The lowest BCUT2D eigenvalue weighted by Gasteiger charge is -2.21. The SMILES string of the molecule is NC(=O)C1CCCc2ncccc21. The van der Waals surface area contributed by atoms with E-state index in [0.29, 0.717) is 0 Å². The van der Waals surface area contributed by atoms with E-state index in [4.69, 9.17) is 5.73 Å². The second kappa shape index (κ2) is 3.17. The molecule has 1 amide bonds. The van der Waals surface area contributed by atoms with Gasteiger partial charge in [0.05, 0.1) is 5.92 Å². The molecule has 68 valence electrons. The zero-order valence-corrected chi connectivity index (χ0v) is 7.36. The van der Waals surface area contributed by atoms with E-state index < -0.39 is 0 Å². The lowest BCUT2D eigenvalue weighted by atomic mass is 9.85. The van der Waals surface area contributed by atoms with Crippen LogP contribution in [-0.2, 0) is 11.2 Å². The molecule has 1 aromatic rings. The summed E-state index contributed by atoms with van der Waals surface area (Å²) in [7, 11) is 0. The highest BCUT2D eigenvalue weighted by molar-refractivity contribution is 5.82. The monoisotopic (exact) mass is 176 g/mol. The highest BCUT2D eigenvalue weighted by Crippen LogP contribution is 2.29. The van der Waals surface area contributed by atoms with Gasteiger partial charge in [0.2, 0.25) is 5.91 Å². The minimum atomic E-state index is -0.228. The summed E-state index contributed by atoms with van der Waals surface area (Å²) in [6.45, 7) is 0. The summed E-state index contributed by atoms with van der Waals surface area (Å²) in [5.74, 6) is -0.341. The summed E-state index contributed by atoms with van der Waals surface area (Å²) in [6, 6.07) is 3.82. The van der Waals surface area contributed by atoms with Gasteiger partial charge in [-0.2, -0.15) is 0 Å². The summed E-state index contributed by atoms with van der Waals surface area (Å²) in [5, 5.41) is 0. The van der Waals surface area contributed by atoms with Crippen LogP contribution in [0.3, 0.4) is 0 Å². The Morgan fingerprint density at radius 3 is 3.23 bits per heavy atom. The van der Waals surface area contributed by atoms with Crippen LogP contribution in [0.5, 0.6) is 0 Å². The minimum absolute atomic E-state index is 0.113. The van der Waals surface area contributed by atoms with Gasteiger partial charge < -0.3 is 5.73 Å². The van der Waals surface area contributed by atoms with E-state index in [1.165, 1.54) is 0 Å². The maximum atomic E-state index is 11.1. The van der Waals surface area contributed by atoms with Crippen molar-refractivity contribution in [3.8, 4) is 0 Å². The quantitative estimate of drug-likeness (QED) is 0.693. The molecule has 1 heterocycles. The van der Waals surface area contributed by atoms with Gasteiger partial charge in [-0.15, -0.1) is 0 Å². The van der Waals surface area contributed by atoms with E-state index in [0.717, 1.165) is 30.5 Å². The number of nitrogens with zero attached hydrogens (tertiary/aromatic N) is 1. The van der Waals surface area contributed by atoms with E-state index in [2.05, 4.69) is 4.98 Å². The molecule has 2 rings (SSSR count). The Balaban J connectivity index is 2.42. The maximum absolute atomic E-state index is 11.1. The number of pyridine rings is 1. The van der Waals surface area contributed by atoms with Gasteiger partial charge in [-0.3, -0.25) is 9.78 Å². The van der Waals surface area contributed by atoms with Gasteiger partial charge in [-0.25, -0.2) is 0 Å². The van der Waals surface area contributed by atoms with Crippen molar-refractivity contribution in [1.29, 1.82) is 0 Å². The minimum Gasteiger partial charge on any atom is -0.369 e. The van der Waals surface area contributed by atoms with Crippen molar-refractivity contribution in [2.45, 2.75) is 25.2 Å². The third-order valence-corrected chi connectivity index (χ3v) is 2.55. The molecule has 1 aliphatic carbocycles. The number of hydrogen-bond donors (Lipinski definition) is 1. The average Bonchev–Trinajstić information content (AvgIpc) is 2.17. The molecule has 1 aliphatic rings. The first-order valence-corrected chi connectivity index (χ1v) is 4.52. The Kier molecular flexibility index (Phi) is 2.00. The Labute approximate surface area is 77.0 Å². The molecule has 0 aliphatic heterocycles. The first-order chi connectivity index (χ1) is 6.29. The molecule has 1 unspecified atom stereocenters. The highest BCUT2D eigenvalue weighted by atomic mass is 16.1. The molecule has 13 heavy (non-hydrogen) atoms. The molecular formula is C10H12N2O. The van der Waals surface area contributed by atoms with Gasteiger partial charge in [-0.1, -0.05) is 6.07 Å². The Morgan fingerprint density at radius 2 is 2.46 bits per heavy atom. The van der Waals surface area contributed by atoms with Gasteiger partial charge in [0, 0.05) is 11.9 Å². The van der Waals surface area contributed by atoms with Crippen molar-refractivity contribution in [3.05, 3.63) is 29.6 Å². The smallest absolute Gasteiger partial charge is 0.225 e. The van der Waals surface area contributed by atoms with Crippen molar-refractivity contribution < 1.29 is 4.79 Å². The van der Waals surface area contributed by atoms with Crippen LogP contribution in [0.25, 0.3) is 0 Å². The number of carbonyl (C=O) groups excluding carboxylic acids is 1. The zero-order valence-electron chi connectivity index (χ0n) is 7.36. The third-order valence-electron chi connectivity index (χ3n) is 2.55. The number of hydrogen-bond acceptors (Lipinski definition) is 2. The molecule has 0 saturated carbocycles. The molecular weight excluding hydrogens is 164 g/mol. The number of primary amides is 1. The molecule has 1 atom stereocenters. The van der Waals surface area contributed by atoms with Crippen molar-refractivity contribution in [2.75, 3.05) is 0 Å². The number of aryl methyl sites for hydroxylation is 1. The van der Waals surface area contributed by atoms with E-state index in [9.17, 15) is 4.79 Å². The predicted molar refractivity (Wildman–Crippen MR) is 49.1 cm³/mol. The van der Waals surface area contributed by atoms with Crippen molar-refractivity contribution in [3.63, 3.8) is 0 Å². The number of fused-ring (bicyclic) bond motifs is 1. The molecule has 0 fully saturated rings. The van der Waals surface area contributed by atoms with Crippen LogP contribution >= 0.6 is 0 Å². The molecule has 0 aromatic carbocycles. The molecule has 1 aromatic heterocycles. The predicted octanol–water partition coefficient (Wildman–Crippen LogP) is 0.987. The summed E-state index contributed by atoms with van der Waals surface area (Å²) in [5.41, 5.74) is 7.38. The molecule has 0 bridgehead atoms. The second-order valence-corrected chi connectivity index (χ2v) is 3.39. The standard InChI is InChI=1S/C10H12N2O/c11-10(13)8-3-1-5-9-7(8)4-2-6-12-9/h2,4,6,8H,1,3,5H2,(H2,11,13). The molecule has 0 spiro atoms. The molecule has 3 heteroatoms. The van der Waals surface area contributed by atoms with Crippen LogP contribution in [0, 0.1) is 0 Å². The Hall–Kier alpha value is -1.38. The van der Waals surface area contributed by atoms with Gasteiger partial charge >= 0.3 is 0 Å². The number of aromatic nitrogens is 1. The van der Waals surface area contributed by atoms with Crippen LogP contribution < -0.4 is 5.73 Å². The fourth-order valence-corrected chi connectivity index (χ4v) is 1.90. The Bertz CT molecular complexity index is 335. The zero-order chi connectivity index (χ0) is 9.26. The van der Waals surface area contributed by atoms with E-state index in [-0.39, 0.29) is 11.8 Å². The van der Waals surface area contributed by atoms with Crippen molar-refractivity contribution in [1.82, 2.24) is 4.98 Å². The normalized spacial score (nSPS) is 20.8. The fourth-order valence-electron chi connectivity index (χ4n) is 1.90. The van der Waals surface area contributed by atoms with E-state index in [1.54, 1.807) is 6.20 Å². The second-order valence-electron chi connectivity index (χ2n) is 3.39. The number of carbonyl (C=O) groups is 1. The topological polar surface area (TPSA) is 56.0 Å². The number of rotatable bonds is 1. The average molecular weight is 176 g/mol. The number of nitrogens with two attached hydrogens (primary N) is 1. The summed E-state index contributed by atoms with van der Waals surface area (Å²) in [6.07, 6.45) is 4.62. The fraction of sp³-hybridized carbons (Fsp3) is 0.400. The lowest BCUT2D eigenvalue weighted by molar-refractivity contribution is -0.119. The van der Waals surface area contributed by atoms with Gasteiger partial charge in [0.1, 0.15) is 0 Å². The summed E-state index contributed by atoms with van der Waals surface area (Å²) < 4.78 is 0. The molecule has 2 N–H and O–H groups in total. The van der Waals surface area contributed by atoms with Crippen molar-refractivity contribution in [2.24, 2.45) is 5.73 Å². The van der Waals surface area contributed by atoms with Gasteiger partial charge in [0.25, 0.3) is 0 Å². The van der Waals surface area contributed by atoms with Crippen LogP contribution in [0.15, 0.2) is 18.3 Å². The van der Waals surface area contributed by atoms with Crippen LogP contribution in [0.4, 0.5) is 0 Å². The van der Waals surface area contributed by atoms with E-state index >= 15 is 0 Å². The first-order valence-electron chi connectivity index (χ1n) is 4.52. The maximum Gasteiger partial charge on any atom is 0.225 e. The third kappa shape index (κ3) is 1.41. The van der Waals surface area contributed by atoms with Gasteiger partial charge in [-0.05, 0) is 30.9 Å². The largest absolute Gasteiger partial charge is 0.369 e. The summed E-state index contributed by atoms with van der Waals surface area (Å²) in [4.78, 5) is 15.4. The Morgan fingerprint density at radius 1 is 1.62 bits per heavy atom. The molecule has 3 nitrogen and oxygen atoms in total. The van der Waals surface area contributed by atoms with Gasteiger partial charge in [0.15, 0.2) is 0 Å². The highest BCUT2D eigenvalue weighted by Gasteiger charge is 2.24. The lowest BCUT2D eigenvalue weighted by Crippen LogP contribution is -2.25. The van der Waals surface area contributed by atoms with Crippen molar-refractivity contribution >= 4 is 5.91 Å². The molecule has 0 saturated heterocycles. The molecule has 0 radical (unpaired) electrons. The van der Waals surface area contributed by atoms with Crippen LogP contribution in [0.2, 0.25) is 0 Å². The first kappa shape index (κ1) is 8.23. The van der Waals surface area contributed by atoms with Crippen LogP contribution in [0.1, 0.15) is 30.0 Å². The number of amides is 1. The van der Waals surface area contributed by atoms with Crippen LogP contribution in [-0.4, -0.2) is 10.9 Å².